The van der Waals surface area contributed by atoms with Crippen LogP contribution in [0, 0.1) is 10.1 Å². The van der Waals surface area contributed by atoms with Gasteiger partial charge in [0.05, 0.1) is 16.4 Å². The van der Waals surface area contributed by atoms with E-state index in [2.05, 4.69) is 10.3 Å². The van der Waals surface area contributed by atoms with Crippen LogP contribution in [0.25, 0.3) is 0 Å². The first kappa shape index (κ1) is 13.2. The molecule has 0 aliphatic heterocycles. The number of anilines is 1. The van der Waals surface area contributed by atoms with Crippen molar-refractivity contribution in [1.29, 1.82) is 0 Å². The predicted octanol–water partition coefficient (Wildman–Crippen LogP) is 1.92. The Morgan fingerprint density at radius 2 is 2.41 bits per heavy atom. The number of pyridine rings is 1. The van der Waals surface area contributed by atoms with Crippen LogP contribution in [0.2, 0.25) is 5.02 Å². The minimum Gasteiger partial charge on any atom is -0.481 e. The van der Waals surface area contributed by atoms with Gasteiger partial charge in [-0.1, -0.05) is 11.6 Å². The number of nitro groups is 1. The Hall–Kier alpha value is -1.89. The molecule has 1 aromatic heterocycles. The van der Waals surface area contributed by atoms with Gasteiger partial charge in [-0.2, -0.15) is 0 Å². The molecule has 92 valence electrons. The smallest absolute Gasteiger partial charge is 0.305 e. The lowest BCUT2D eigenvalue weighted by Crippen LogP contribution is -2.20. The molecular weight excluding hydrogens is 250 g/mol. The Labute approximate surface area is 102 Å². The molecule has 0 saturated carbocycles. The lowest BCUT2D eigenvalue weighted by atomic mass is 10.2. The Morgan fingerprint density at radius 3 is 2.88 bits per heavy atom. The molecule has 17 heavy (non-hydrogen) atoms. The van der Waals surface area contributed by atoms with Gasteiger partial charge in [-0.3, -0.25) is 14.9 Å². The van der Waals surface area contributed by atoms with Crippen LogP contribution >= 0.6 is 11.6 Å². The van der Waals surface area contributed by atoms with Gasteiger partial charge in [-0.25, -0.2) is 4.98 Å². The molecule has 0 saturated heterocycles. The second-order valence-electron chi connectivity index (χ2n) is 3.42. The van der Waals surface area contributed by atoms with Crippen LogP contribution in [-0.4, -0.2) is 27.0 Å². The summed E-state index contributed by atoms with van der Waals surface area (Å²) in [4.78, 5) is 24.0. The summed E-state index contributed by atoms with van der Waals surface area (Å²) >= 11 is 5.78. The highest BCUT2D eigenvalue weighted by Crippen LogP contribution is 2.24. The second-order valence-corrected chi connectivity index (χ2v) is 3.83. The first-order chi connectivity index (χ1) is 7.90. The maximum atomic E-state index is 10.4. The summed E-state index contributed by atoms with van der Waals surface area (Å²) in [6.07, 6.45) is 0.955. The van der Waals surface area contributed by atoms with Crippen LogP contribution in [0.1, 0.15) is 13.3 Å². The standard InChI is InChI=1S/C9H10ClN3O4/c1-5(2-8(14)15)12-9-7(10)3-6(4-11-9)13(16)17/h3-5H,2H2,1H3,(H,11,12)(H,14,15). The van der Waals surface area contributed by atoms with E-state index in [9.17, 15) is 14.9 Å². The Morgan fingerprint density at radius 1 is 1.76 bits per heavy atom. The van der Waals surface area contributed by atoms with Gasteiger partial charge in [-0.15, -0.1) is 0 Å². The normalized spacial score (nSPS) is 11.9. The van der Waals surface area contributed by atoms with Gasteiger partial charge in [0.15, 0.2) is 0 Å². The molecule has 0 aromatic carbocycles. The Bertz CT molecular complexity index is 452. The molecular formula is C9H10ClN3O4. The van der Waals surface area contributed by atoms with Crippen LogP contribution < -0.4 is 5.32 Å². The number of carboxylic acids is 1. The quantitative estimate of drug-likeness (QED) is 0.618. The van der Waals surface area contributed by atoms with Crippen molar-refractivity contribution in [2.45, 2.75) is 19.4 Å². The number of nitrogens with one attached hydrogen (secondary N) is 1. The molecule has 7 nitrogen and oxygen atoms in total. The highest BCUT2D eigenvalue weighted by molar-refractivity contribution is 6.33. The van der Waals surface area contributed by atoms with Crippen LogP contribution in [-0.2, 0) is 4.79 Å². The van der Waals surface area contributed by atoms with Crippen LogP contribution in [0.4, 0.5) is 11.5 Å². The number of aliphatic carboxylic acids is 1. The van der Waals surface area contributed by atoms with Gasteiger partial charge in [0.25, 0.3) is 5.69 Å². The average Bonchev–Trinajstić information content (AvgIpc) is 2.19. The van der Waals surface area contributed by atoms with Gasteiger partial charge < -0.3 is 10.4 Å². The zero-order valence-electron chi connectivity index (χ0n) is 8.88. The molecule has 0 spiro atoms. The lowest BCUT2D eigenvalue weighted by molar-refractivity contribution is -0.385. The van der Waals surface area contributed by atoms with E-state index in [4.69, 9.17) is 16.7 Å². The molecule has 2 N–H and O–H groups in total. The number of hydrogen-bond acceptors (Lipinski definition) is 5. The van der Waals surface area contributed by atoms with Gasteiger partial charge in [0, 0.05) is 12.1 Å². The molecule has 0 aliphatic rings. The molecule has 1 unspecified atom stereocenters. The number of rotatable bonds is 5. The average molecular weight is 260 g/mol. The van der Waals surface area contributed by atoms with E-state index in [-0.39, 0.29) is 29.0 Å². The van der Waals surface area contributed by atoms with Gasteiger partial charge in [0.2, 0.25) is 0 Å². The summed E-state index contributed by atoms with van der Waals surface area (Å²) in [5.74, 6) is -0.728. The number of hydrogen-bond donors (Lipinski definition) is 2. The van der Waals surface area contributed by atoms with E-state index in [1.165, 1.54) is 0 Å². The third-order valence-electron chi connectivity index (χ3n) is 1.90. The van der Waals surface area contributed by atoms with Crippen molar-refractivity contribution >= 4 is 29.1 Å². The fourth-order valence-corrected chi connectivity index (χ4v) is 1.40. The van der Waals surface area contributed by atoms with Crippen LogP contribution in [0.15, 0.2) is 12.3 Å². The molecule has 8 heteroatoms. The summed E-state index contributed by atoms with van der Waals surface area (Å²) in [6, 6.07) is 0.781. The number of aromatic nitrogens is 1. The van der Waals surface area contributed by atoms with Crippen molar-refractivity contribution in [3.05, 3.63) is 27.4 Å². The number of halogens is 1. The summed E-state index contributed by atoms with van der Waals surface area (Å²) in [7, 11) is 0. The molecule has 1 aromatic rings. The first-order valence-corrected chi connectivity index (χ1v) is 5.06. The summed E-state index contributed by atoms with van der Waals surface area (Å²) in [5.41, 5.74) is -0.216. The highest BCUT2D eigenvalue weighted by atomic mass is 35.5. The zero-order valence-corrected chi connectivity index (χ0v) is 9.64. The van der Waals surface area contributed by atoms with Crippen molar-refractivity contribution in [3.63, 3.8) is 0 Å². The van der Waals surface area contributed by atoms with Crippen LogP contribution in [0.3, 0.4) is 0 Å². The molecule has 0 bridgehead atoms. The molecule has 0 radical (unpaired) electrons. The Kier molecular flexibility index (Phi) is 4.22. The monoisotopic (exact) mass is 259 g/mol. The fraction of sp³-hybridized carbons (Fsp3) is 0.333. The van der Waals surface area contributed by atoms with Crippen molar-refractivity contribution in [3.8, 4) is 0 Å². The first-order valence-electron chi connectivity index (χ1n) is 4.68. The molecule has 0 fully saturated rings. The Balaban J connectivity index is 2.79. The topological polar surface area (TPSA) is 105 Å². The predicted molar refractivity (Wildman–Crippen MR) is 61.2 cm³/mol. The fourth-order valence-electron chi connectivity index (χ4n) is 1.18. The second kappa shape index (κ2) is 5.44. The maximum Gasteiger partial charge on any atom is 0.305 e. The number of carbonyl (C=O) groups is 1. The lowest BCUT2D eigenvalue weighted by Gasteiger charge is -2.12. The minimum atomic E-state index is -0.956. The summed E-state index contributed by atoms with van der Waals surface area (Å²) < 4.78 is 0. The molecule has 0 amide bonds. The molecule has 0 aliphatic carbocycles. The van der Waals surface area contributed by atoms with E-state index in [1.54, 1.807) is 6.92 Å². The SMILES string of the molecule is CC(CC(=O)O)Nc1ncc([N+](=O)[O-])cc1Cl. The van der Waals surface area contributed by atoms with Crippen molar-refractivity contribution in [2.24, 2.45) is 0 Å². The van der Waals surface area contributed by atoms with Crippen molar-refractivity contribution < 1.29 is 14.8 Å². The van der Waals surface area contributed by atoms with Gasteiger partial charge >= 0.3 is 5.97 Å². The minimum absolute atomic E-state index is 0.0800. The summed E-state index contributed by atoms with van der Waals surface area (Å²) in [6.45, 7) is 1.65. The van der Waals surface area contributed by atoms with E-state index in [0.717, 1.165) is 12.3 Å². The number of carboxylic acid groups (broad SMARTS) is 1. The highest BCUT2D eigenvalue weighted by Gasteiger charge is 2.13. The van der Waals surface area contributed by atoms with E-state index >= 15 is 0 Å². The van der Waals surface area contributed by atoms with Gasteiger partial charge in [-0.05, 0) is 6.92 Å². The third-order valence-corrected chi connectivity index (χ3v) is 2.19. The molecule has 1 rings (SSSR count). The third kappa shape index (κ3) is 3.87. The zero-order chi connectivity index (χ0) is 13.0. The molecule has 1 atom stereocenters. The van der Waals surface area contributed by atoms with Crippen molar-refractivity contribution in [1.82, 2.24) is 4.98 Å². The van der Waals surface area contributed by atoms with Crippen LogP contribution in [0.5, 0.6) is 0 Å². The van der Waals surface area contributed by atoms with E-state index in [0.29, 0.717) is 0 Å². The molecule has 1 heterocycles. The maximum absolute atomic E-state index is 10.4. The van der Waals surface area contributed by atoms with Gasteiger partial charge in [0.1, 0.15) is 12.0 Å². The van der Waals surface area contributed by atoms with E-state index in [1.807, 2.05) is 0 Å². The number of nitrogens with zero attached hydrogens (tertiary/aromatic N) is 2. The largest absolute Gasteiger partial charge is 0.481 e. The summed E-state index contributed by atoms with van der Waals surface area (Å²) in [5, 5.41) is 21.8. The van der Waals surface area contributed by atoms with E-state index < -0.39 is 10.9 Å². The van der Waals surface area contributed by atoms with Crippen molar-refractivity contribution in [2.75, 3.05) is 5.32 Å².